The Balaban J connectivity index is 1.01. The predicted molar refractivity (Wildman–Crippen MR) is 270 cm³/mol. The molecule has 0 atom stereocenters. The summed E-state index contributed by atoms with van der Waals surface area (Å²) < 4.78 is 6.31. The second kappa shape index (κ2) is 13.8. The molecule has 0 radical (unpaired) electrons. The summed E-state index contributed by atoms with van der Waals surface area (Å²) in [6, 6.07) is 73.6. The summed E-state index contributed by atoms with van der Waals surface area (Å²) in [6.45, 7) is 4.73. The molecule has 0 spiro atoms. The molecule has 0 amide bonds. The zero-order valence-electron chi connectivity index (χ0n) is 34.7. The maximum atomic E-state index is 5.22. The lowest BCUT2D eigenvalue weighted by Gasteiger charge is -2.42. The Bertz CT molecular complexity index is 3780. The summed E-state index contributed by atoms with van der Waals surface area (Å²) in [5.74, 6) is 0. The largest absolute Gasteiger partial charge is 0.310 e. The van der Waals surface area contributed by atoms with Crippen LogP contribution in [0, 0.1) is 0 Å². The van der Waals surface area contributed by atoms with Crippen molar-refractivity contribution in [2.24, 2.45) is 0 Å². The normalized spacial score (nSPS) is 13.3. The van der Waals surface area contributed by atoms with E-state index in [1.54, 1.807) is 11.3 Å². The number of thiophene rings is 1. The van der Waals surface area contributed by atoms with Crippen molar-refractivity contribution < 1.29 is 0 Å². The zero-order valence-corrected chi connectivity index (χ0v) is 36.3. The standard InChI is InChI=1S/C58H39N3S2/c1-58(2)47-21-10-11-22-51(47)60(41-17-7-4-8-18-41)52-30-25-40(35-48(52)58)38-24-29-50-45(33-38)44-27-28-49-56(63-57(59-49)36-14-5-3-6-15-36)55(44)61(50)42-19-13-16-37(32-42)39-26-31-54-46(34-39)43-20-9-12-23-53(43)62-54/h3-35H,1-2H3. The van der Waals surface area contributed by atoms with Gasteiger partial charge in [0.2, 0.25) is 0 Å². The van der Waals surface area contributed by atoms with Crippen molar-refractivity contribution in [1.29, 1.82) is 0 Å². The van der Waals surface area contributed by atoms with Gasteiger partial charge in [-0.2, -0.15) is 0 Å². The molecule has 0 N–H and O–H groups in total. The molecule has 9 aromatic carbocycles. The van der Waals surface area contributed by atoms with Gasteiger partial charge in [0, 0.05) is 53.3 Å². The number of fused-ring (bicyclic) bond motifs is 10. The maximum absolute atomic E-state index is 5.22. The smallest absolute Gasteiger partial charge is 0.124 e. The first-order chi connectivity index (χ1) is 31.0. The number of hydrogen-bond acceptors (Lipinski definition) is 4. The molecule has 0 saturated carbocycles. The average molecular weight is 842 g/mol. The highest BCUT2D eigenvalue weighted by Crippen LogP contribution is 2.53. The second-order valence-electron chi connectivity index (χ2n) is 17.2. The number of rotatable bonds is 5. The highest BCUT2D eigenvalue weighted by Gasteiger charge is 2.37. The van der Waals surface area contributed by atoms with Crippen LogP contribution >= 0.6 is 22.7 Å². The van der Waals surface area contributed by atoms with Crippen molar-refractivity contribution >= 4 is 91.9 Å². The summed E-state index contributed by atoms with van der Waals surface area (Å²) in [6.07, 6.45) is 0. The molecule has 5 heteroatoms. The first-order valence-corrected chi connectivity index (χ1v) is 23.2. The highest BCUT2D eigenvalue weighted by atomic mass is 32.1. The van der Waals surface area contributed by atoms with Gasteiger partial charge in [0.05, 0.1) is 32.6 Å². The van der Waals surface area contributed by atoms with Crippen LogP contribution in [0.4, 0.5) is 17.1 Å². The molecule has 3 aromatic heterocycles. The van der Waals surface area contributed by atoms with Crippen LogP contribution in [0.15, 0.2) is 200 Å². The third-order valence-electron chi connectivity index (χ3n) is 13.2. The van der Waals surface area contributed by atoms with E-state index in [4.69, 9.17) is 4.98 Å². The topological polar surface area (TPSA) is 21.1 Å². The zero-order chi connectivity index (χ0) is 41.8. The average Bonchev–Trinajstić information content (AvgIpc) is 4.04. The minimum Gasteiger partial charge on any atom is -0.310 e. The van der Waals surface area contributed by atoms with E-state index in [2.05, 4.69) is 224 Å². The van der Waals surface area contributed by atoms with E-state index in [-0.39, 0.29) is 5.41 Å². The monoisotopic (exact) mass is 841 g/mol. The Morgan fingerprint density at radius 2 is 1.08 bits per heavy atom. The van der Waals surface area contributed by atoms with Gasteiger partial charge in [0.25, 0.3) is 0 Å². The number of para-hydroxylation sites is 2. The van der Waals surface area contributed by atoms with Crippen LogP contribution in [0.2, 0.25) is 0 Å². The molecule has 0 fully saturated rings. The Hall–Kier alpha value is -7.31. The lowest BCUT2D eigenvalue weighted by Crippen LogP contribution is -2.30. The number of nitrogens with zero attached hydrogens (tertiary/aromatic N) is 3. The summed E-state index contributed by atoms with van der Waals surface area (Å²) in [7, 11) is 0. The van der Waals surface area contributed by atoms with Crippen molar-refractivity contribution in [2.75, 3.05) is 4.90 Å². The Morgan fingerprint density at radius 1 is 0.429 bits per heavy atom. The summed E-state index contributed by atoms with van der Waals surface area (Å²) >= 11 is 3.64. The predicted octanol–water partition coefficient (Wildman–Crippen LogP) is 16.9. The SMILES string of the molecule is CC1(C)c2ccccc2N(c2ccccc2)c2ccc(-c3ccc4c(c3)c3ccc5nc(-c6ccccc6)sc5c3n4-c3cccc(-c4ccc5sc6ccccc6c5c4)c3)cc21. The van der Waals surface area contributed by atoms with Gasteiger partial charge >= 0.3 is 0 Å². The van der Waals surface area contributed by atoms with E-state index in [1.807, 2.05) is 11.3 Å². The molecule has 0 aliphatic carbocycles. The first kappa shape index (κ1) is 36.4. The van der Waals surface area contributed by atoms with Crippen LogP contribution in [0.1, 0.15) is 25.0 Å². The number of benzene rings is 9. The van der Waals surface area contributed by atoms with Crippen LogP contribution < -0.4 is 4.90 Å². The van der Waals surface area contributed by atoms with Gasteiger partial charge in [-0.1, -0.05) is 129 Å². The molecule has 0 unspecified atom stereocenters. The lowest BCUT2D eigenvalue weighted by molar-refractivity contribution is 0.632. The minimum absolute atomic E-state index is 0.201. The lowest BCUT2D eigenvalue weighted by atomic mass is 9.73. The van der Waals surface area contributed by atoms with E-state index in [0.717, 1.165) is 27.5 Å². The van der Waals surface area contributed by atoms with Gasteiger partial charge in [-0.05, 0) is 118 Å². The van der Waals surface area contributed by atoms with Crippen molar-refractivity contribution in [3.63, 3.8) is 0 Å². The van der Waals surface area contributed by atoms with Gasteiger partial charge in [0.15, 0.2) is 0 Å². The molecule has 0 saturated heterocycles. The van der Waals surface area contributed by atoms with Gasteiger partial charge in [-0.15, -0.1) is 22.7 Å². The van der Waals surface area contributed by atoms with Gasteiger partial charge < -0.3 is 9.47 Å². The molecular formula is C58H39N3S2. The number of aromatic nitrogens is 2. The molecule has 1 aliphatic rings. The molecule has 3 nitrogen and oxygen atoms in total. The van der Waals surface area contributed by atoms with Crippen molar-refractivity contribution in [2.45, 2.75) is 19.3 Å². The Morgan fingerprint density at radius 3 is 1.95 bits per heavy atom. The molecule has 0 bridgehead atoms. The van der Waals surface area contributed by atoms with E-state index >= 15 is 0 Å². The van der Waals surface area contributed by atoms with Crippen LogP contribution in [-0.2, 0) is 5.41 Å². The molecule has 13 rings (SSSR count). The Labute approximate surface area is 373 Å². The van der Waals surface area contributed by atoms with E-state index < -0.39 is 0 Å². The Kier molecular flexibility index (Phi) is 7.99. The number of thiazole rings is 1. The second-order valence-corrected chi connectivity index (χ2v) is 19.2. The van der Waals surface area contributed by atoms with Crippen LogP contribution in [0.25, 0.3) is 90.7 Å². The fraction of sp³-hybridized carbons (Fsp3) is 0.0517. The quantitative estimate of drug-likeness (QED) is 0.172. The van der Waals surface area contributed by atoms with Gasteiger partial charge in [-0.3, -0.25) is 0 Å². The number of anilines is 3. The third kappa shape index (κ3) is 5.60. The highest BCUT2D eigenvalue weighted by molar-refractivity contribution is 7.25. The molecule has 4 heterocycles. The third-order valence-corrected chi connectivity index (χ3v) is 15.5. The summed E-state index contributed by atoms with van der Waals surface area (Å²) in [5.41, 5.74) is 16.5. The van der Waals surface area contributed by atoms with Crippen LogP contribution in [-0.4, -0.2) is 9.55 Å². The molecule has 63 heavy (non-hydrogen) atoms. The van der Waals surface area contributed by atoms with Crippen molar-refractivity contribution in [3.8, 4) is 38.5 Å². The van der Waals surface area contributed by atoms with Crippen LogP contribution in [0.3, 0.4) is 0 Å². The van der Waals surface area contributed by atoms with Crippen molar-refractivity contribution in [1.82, 2.24) is 9.55 Å². The molecule has 1 aliphatic heterocycles. The molecule has 298 valence electrons. The van der Waals surface area contributed by atoms with Gasteiger partial charge in [0.1, 0.15) is 5.01 Å². The van der Waals surface area contributed by atoms with E-state index in [0.29, 0.717) is 0 Å². The summed E-state index contributed by atoms with van der Waals surface area (Å²) in [4.78, 5) is 7.64. The van der Waals surface area contributed by atoms with Crippen molar-refractivity contribution in [3.05, 3.63) is 211 Å². The number of hydrogen-bond donors (Lipinski definition) is 0. The van der Waals surface area contributed by atoms with E-state index in [1.165, 1.54) is 91.4 Å². The minimum atomic E-state index is -0.201. The summed E-state index contributed by atoms with van der Waals surface area (Å²) in [5, 5.41) is 6.11. The maximum Gasteiger partial charge on any atom is 0.124 e. The molecular weight excluding hydrogens is 803 g/mol. The van der Waals surface area contributed by atoms with Gasteiger partial charge in [-0.25, -0.2) is 4.98 Å². The van der Waals surface area contributed by atoms with E-state index in [9.17, 15) is 0 Å². The fourth-order valence-electron chi connectivity index (χ4n) is 10.1. The molecule has 12 aromatic rings. The first-order valence-electron chi connectivity index (χ1n) is 21.5. The van der Waals surface area contributed by atoms with Crippen LogP contribution in [0.5, 0.6) is 0 Å². The fourth-order valence-corrected chi connectivity index (χ4v) is 12.3.